The molecule has 1 rings (SSSR count). The number of rotatable bonds is 3. The molecule has 0 heterocycles. The summed E-state index contributed by atoms with van der Waals surface area (Å²) >= 11 is 0. The molecule has 1 aliphatic carbocycles. The first kappa shape index (κ1) is 11.6. The zero-order chi connectivity index (χ0) is 11.3. The Balaban J connectivity index is 2.63. The molecule has 82 valence electrons. The van der Waals surface area contributed by atoms with Gasteiger partial charge in [0, 0.05) is 19.3 Å². The summed E-state index contributed by atoms with van der Waals surface area (Å²) in [5.41, 5.74) is -0.192. The minimum atomic E-state index is -1.15. The Hall–Kier alpha value is -1.50. The second-order valence-electron chi connectivity index (χ2n) is 3.92. The van der Waals surface area contributed by atoms with Crippen molar-refractivity contribution in [2.24, 2.45) is 0 Å². The van der Waals surface area contributed by atoms with Gasteiger partial charge in [0.15, 0.2) is 5.57 Å². The molecule has 0 atom stereocenters. The van der Waals surface area contributed by atoms with Crippen LogP contribution in [-0.4, -0.2) is 29.1 Å². The molecule has 0 bridgehead atoms. The fraction of sp³-hybridized carbons (Fsp3) is 0.636. The van der Waals surface area contributed by atoms with E-state index >= 15 is 0 Å². The second kappa shape index (κ2) is 5.40. The van der Waals surface area contributed by atoms with Gasteiger partial charge in [0.25, 0.3) is 0 Å². The van der Waals surface area contributed by atoms with Gasteiger partial charge < -0.3 is 10.0 Å². The maximum absolute atomic E-state index is 10.6. The normalized spacial score (nSPS) is 18.3. The molecule has 0 unspecified atom stereocenters. The third-order valence-corrected chi connectivity index (χ3v) is 2.83. The van der Waals surface area contributed by atoms with E-state index in [1.54, 1.807) is 6.07 Å². The van der Waals surface area contributed by atoms with E-state index in [4.69, 9.17) is 10.4 Å². The maximum atomic E-state index is 10.6. The van der Waals surface area contributed by atoms with E-state index < -0.39 is 5.97 Å². The van der Waals surface area contributed by atoms with Crippen molar-refractivity contribution < 1.29 is 9.90 Å². The molecule has 1 N–H and O–H groups in total. The number of aliphatic carboxylic acids is 1. The van der Waals surface area contributed by atoms with Gasteiger partial charge in [0.2, 0.25) is 0 Å². The molecule has 0 radical (unpaired) electrons. The largest absolute Gasteiger partial charge is 0.477 e. The van der Waals surface area contributed by atoms with Crippen LogP contribution in [0.4, 0.5) is 0 Å². The average molecular weight is 208 g/mol. The number of carboxylic acids is 1. The quantitative estimate of drug-likeness (QED) is 0.566. The average Bonchev–Trinajstić information content (AvgIpc) is 2.26. The third-order valence-electron chi connectivity index (χ3n) is 2.83. The fourth-order valence-electron chi connectivity index (χ4n) is 1.93. The van der Waals surface area contributed by atoms with Crippen molar-refractivity contribution in [3.63, 3.8) is 0 Å². The first-order chi connectivity index (χ1) is 7.15. The predicted octanol–water partition coefficient (Wildman–Crippen LogP) is 1.74. The Morgan fingerprint density at radius 1 is 1.47 bits per heavy atom. The van der Waals surface area contributed by atoms with E-state index in [1.165, 1.54) is 25.5 Å². The fourth-order valence-corrected chi connectivity index (χ4v) is 1.93. The van der Waals surface area contributed by atoms with Crippen molar-refractivity contribution in [2.45, 2.75) is 38.1 Å². The highest BCUT2D eigenvalue weighted by Gasteiger charge is 2.17. The van der Waals surface area contributed by atoms with E-state index in [0.29, 0.717) is 6.04 Å². The lowest BCUT2D eigenvalue weighted by Gasteiger charge is -2.30. The van der Waals surface area contributed by atoms with Gasteiger partial charge in [-0.05, 0) is 12.8 Å². The first-order valence-electron chi connectivity index (χ1n) is 5.22. The Labute approximate surface area is 89.8 Å². The summed E-state index contributed by atoms with van der Waals surface area (Å²) in [6.45, 7) is 0. The van der Waals surface area contributed by atoms with Crippen molar-refractivity contribution in [3.05, 3.63) is 11.8 Å². The van der Waals surface area contributed by atoms with Gasteiger partial charge in [-0.2, -0.15) is 5.26 Å². The standard InChI is InChI=1S/C11H16N2O2/c1-13(8-9(7-12)11(14)15)10-5-3-2-4-6-10/h8,10H,2-6H2,1H3,(H,14,15)/b9-8-. The van der Waals surface area contributed by atoms with E-state index in [-0.39, 0.29) is 5.57 Å². The molecule has 1 fully saturated rings. The first-order valence-corrected chi connectivity index (χ1v) is 5.22. The van der Waals surface area contributed by atoms with Gasteiger partial charge in [-0.3, -0.25) is 0 Å². The van der Waals surface area contributed by atoms with Crippen LogP contribution >= 0.6 is 0 Å². The Kier molecular flexibility index (Phi) is 4.17. The topological polar surface area (TPSA) is 64.3 Å². The Bertz CT molecular complexity index is 298. The van der Waals surface area contributed by atoms with Crippen LogP contribution in [0.15, 0.2) is 11.8 Å². The molecule has 4 nitrogen and oxygen atoms in total. The molecule has 0 saturated heterocycles. The van der Waals surface area contributed by atoms with Gasteiger partial charge in [-0.1, -0.05) is 19.3 Å². The molecule has 1 saturated carbocycles. The number of nitriles is 1. The Morgan fingerprint density at radius 3 is 2.53 bits per heavy atom. The SMILES string of the molecule is CN(/C=C(/C#N)C(=O)O)C1CCCCC1. The number of carbonyl (C=O) groups is 1. The summed E-state index contributed by atoms with van der Waals surface area (Å²) in [6, 6.07) is 2.08. The summed E-state index contributed by atoms with van der Waals surface area (Å²) in [6.07, 6.45) is 7.27. The summed E-state index contributed by atoms with van der Waals surface area (Å²) < 4.78 is 0. The summed E-state index contributed by atoms with van der Waals surface area (Å²) in [5.74, 6) is -1.15. The highest BCUT2D eigenvalue weighted by Crippen LogP contribution is 2.22. The lowest BCUT2D eigenvalue weighted by molar-refractivity contribution is -0.132. The van der Waals surface area contributed by atoms with E-state index in [1.807, 2.05) is 11.9 Å². The van der Waals surface area contributed by atoms with E-state index in [0.717, 1.165) is 12.8 Å². The van der Waals surface area contributed by atoms with E-state index in [2.05, 4.69) is 0 Å². The minimum Gasteiger partial charge on any atom is -0.477 e. The van der Waals surface area contributed by atoms with Crippen LogP contribution in [0.5, 0.6) is 0 Å². The molecule has 4 heteroatoms. The van der Waals surface area contributed by atoms with Gasteiger partial charge in [-0.15, -0.1) is 0 Å². The highest BCUT2D eigenvalue weighted by molar-refractivity contribution is 5.90. The van der Waals surface area contributed by atoms with E-state index in [9.17, 15) is 4.79 Å². The van der Waals surface area contributed by atoms with Crippen molar-refractivity contribution >= 4 is 5.97 Å². The van der Waals surface area contributed by atoms with Crippen LogP contribution in [0.25, 0.3) is 0 Å². The molecule has 0 amide bonds. The van der Waals surface area contributed by atoms with Gasteiger partial charge in [0.1, 0.15) is 6.07 Å². The van der Waals surface area contributed by atoms with Crippen LogP contribution in [0.1, 0.15) is 32.1 Å². The zero-order valence-electron chi connectivity index (χ0n) is 8.94. The highest BCUT2D eigenvalue weighted by atomic mass is 16.4. The Morgan fingerprint density at radius 2 is 2.07 bits per heavy atom. The summed E-state index contributed by atoms with van der Waals surface area (Å²) in [5, 5.41) is 17.3. The number of carboxylic acid groups (broad SMARTS) is 1. The van der Waals surface area contributed by atoms with Gasteiger partial charge in [-0.25, -0.2) is 4.79 Å². The molecular formula is C11H16N2O2. The van der Waals surface area contributed by atoms with Crippen LogP contribution in [0, 0.1) is 11.3 Å². The molecule has 15 heavy (non-hydrogen) atoms. The van der Waals surface area contributed by atoms with Gasteiger partial charge >= 0.3 is 5.97 Å². The molecule has 0 aromatic carbocycles. The molecule has 0 aromatic heterocycles. The van der Waals surface area contributed by atoms with Crippen molar-refractivity contribution in [1.29, 1.82) is 5.26 Å². The van der Waals surface area contributed by atoms with Crippen LogP contribution in [0.3, 0.4) is 0 Å². The van der Waals surface area contributed by atoms with Crippen molar-refractivity contribution in [3.8, 4) is 6.07 Å². The van der Waals surface area contributed by atoms with Gasteiger partial charge in [0.05, 0.1) is 0 Å². The third kappa shape index (κ3) is 3.28. The number of nitrogens with zero attached hydrogens (tertiary/aromatic N) is 2. The molecule has 1 aliphatic rings. The summed E-state index contributed by atoms with van der Waals surface area (Å²) in [7, 11) is 1.84. The zero-order valence-corrected chi connectivity index (χ0v) is 8.94. The van der Waals surface area contributed by atoms with Crippen LogP contribution in [-0.2, 0) is 4.79 Å². The monoisotopic (exact) mass is 208 g/mol. The maximum Gasteiger partial charge on any atom is 0.347 e. The van der Waals surface area contributed by atoms with Crippen LogP contribution in [0.2, 0.25) is 0 Å². The number of hydrogen-bond acceptors (Lipinski definition) is 3. The lowest BCUT2D eigenvalue weighted by Crippen LogP contribution is -2.29. The smallest absolute Gasteiger partial charge is 0.347 e. The van der Waals surface area contributed by atoms with Crippen molar-refractivity contribution in [2.75, 3.05) is 7.05 Å². The number of hydrogen-bond donors (Lipinski definition) is 1. The minimum absolute atomic E-state index is 0.192. The lowest BCUT2D eigenvalue weighted by atomic mass is 9.94. The molecular weight excluding hydrogens is 192 g/mol. The second-order valence-corrected chi connectivity index (χ2v) is 3.92. The molecule has 0 aliphatic heterocycles. The molecule has 0 aromatic rings. The van der Waals surface area contributed by atoms with Crippen LogP contribution < -0.4 is 0 Å². The predicted molar refractivity (Wildman–Crippen MR) is 56.0 cm³/mol. The van der Waals surface area contributed by atoms with Crippen molar-refractivity contribution in [1.82, 2.24) is 4.90 Å². The molecule has 0 spiro atoms. The summed E-state index contributed by atoms with van der Waals surface area (Å²) in [4.78, 5) is 12.5.